The molecule has 1 saturated carbocycles. The molecule has 1 heterocycles. The number of fused-ring (bicyclic) bond motifs is 1. The molecule has 3 N–H and O–H groups in total. The lowest BCUT2D eigenvalue weighted by atomic mass is 9.89. The van der Waals surface area contributed by atoms with Crippen LogP contribution in [-0.4, -0.2) is 21.7 Å². The fourth-order valence-corrected chi connectivity index (χ4v) is 4.40. The largest absolute Gasteiger partial charge is 0.477 e. The Morgan fingerprint density at radius 2 is 1.84 bits per heavy atom. The highest BCUT2D eigenvalue weighted by Crippen LogP contribution is 2.40. The number of benzene rings is 2. The molecule has 3 aromatic rings. The van der Waals surface area contributed by atoms with Crippen LogP contribution >= 0.6 is 12.4 Å². The van der Waals surface area contributed by atoms with Crippen molar-refractivity contribution in [3.8, 4) is 5.69 Å². The number of carboxylic acid groups (broad SMARTS) is 1. The average molecular weight is 453 g/mol. The summed E-state index contributed by atoms with van der Waals surface area (Å²) in [6, 6.07) is 5.17. The quantitative estimate of drug-likeness (QED) is 0.618. The Kier molecular flexibility index (Phi) is 6.16. The summed E-state index contributed by atoms with van der Waals surface area (Å²) in [4.78, 5) is 24.2. The van der Waals surface area contributed by atoms with Crippen molar-refractivity contribution >= 4 is 29.3 Å². The molecule has 1 unspecified atom stereocenters. The van der Waals surface area contributed by atoms with Crippen LogP contribution in [0.1, 0.15) is 41.6 Å². The first kappa shape index (κ1) is 22.8. The standard InChI is InChI=1S/C22H19F3N2O3.ClH/c1-10-4-12(26)6-13(10)14-8-20-15(7-17(14)24)21(28)16(22(29)30)9-27(20)19-3-2-11(23)5-18(19)25;/h2-3,5,7-10,12-13H,4,6,26H2,1H3,(H,29,30);1H/t10-,12-,13?;/m0./s1. The van der Waals surface area contributed by atoms with E-state index in [2.05, 4.69) is 0 Å². The predicted molar refractivity (Wildman–Crippen MR) is 113 cm³/mol. The van der Waals surface area contributed by atoms with Crippen molar-refractivity contribution in [2.24, 2.45) is 11.7 Å². The third-order valence-corrected chi connectivity index (χ3v) is 5.84. The van der Waals surface area contributed by atoms with Gasteiger partial charge >= 0.3 is 5.97 Å². The number of hydrogen-bond donors (Lipinski definition) is 2. The number of hydrogen-bond acceptors (Lipinski definition) is 3. The second kappa shape index (κ2) is 8.36. The molecule has 1 fully saturated rings. The van der Waals surface area contributed by atoms with E-state index in [-0.39, 0.29) is 46.9 Å². The highest BCUT2D eigenvalue weighted by Gasteiger charge is 2.32. The van der Waals surface area contributed by atoms with Gasteiger partial charge in [0.2, 0.25) is 5.43 Å². The van der Waals surface area contributed by atoms with Gasteiger partial charge in [-0.3, -0.25) is 4.79 Å². The predicted octanol–water partition coefficient (Wildman–Crippen LogP) is 4.37. The van der Waals surface area contributed by atoms with Gasteiger partial charge in [-0.15, -0.1) is 12.4 Å². The Bertz CT molecular complexity index is 1240. The summed E-state index contributed by atoms with van der Waals surface area (Å²) >= 11 is 0. The molecular weight excluding hydrogens is 433 g/mol. The number of rotatable bonds is 3. The molecule has 2 aromatic carbocycles. The Hall–Kier alpha value is -2.84. The van der Waals surface area contributed by atoms with Crippen LogP contribution in [0.5, 0.6) is 0 Å². The highest BCUT2D eigenvalue weighted by atomic mass is 35.5. The number of halogens is 4. The van der Waals surface area contributed by atoms with Crippen LogP contribution in [0.2, 0.25) is 0 Å². The molecule has 9 heteroatoms. The van der Waals surface area contributed by atoms with Crippen molar-refractivity contribution in [2.75, 3.05) is 0 Å². The van der Waals surface area contributed by atoms with Crippen molar-refractivity contribution in [1.82, 2.24) is 4.57 Å². The zero-order valence-electron chi connectivity index (χ0n) is 16.4. The van der Waals surface area contributed by atoms with Gasteiger partial charge in [0, 0.05) is 23.7 Å². The number of pyridine rings is 1. The van der Waals surface area contributed by atoms with E-state index in [9.17, 15) is 27.9 Å². The van der Waals surface area contributed by atoms with Gasteiger partial charge in [-0.1, -0.05) is 6.92 Å². The zero-order valence-corrected chi connectivity index (χ0v) is 17.3. The second-order valence-corrected chi connectivity index (χ2v) is 7.85. The van der Waals surface area contributed by atoms with Crippen LogP contribution in [0.25, 0.3) is 16.6 Å². The van der Waals surface area contributed by atoms with Gasteiger partial charge < -0.3 is 15.4 Å². The van der Waals surface area contributed by atoms with Crippen LogP contribution < -0.4 is 11.2 Å². The molecule has 1 aromatic heterocycles. The molecule has 5 nitrogen and oxygen atoms in total. The number of carboxylic acids is 1. The normalized spacial score (nSPS) is 20.6. The molecular formula is C22H20ClF3N2O3. The van der Waals surface area contributed by atoms with Crippen LogP contribution in [0.3, 0.4) is 0 Å². The Morgan fingerprint density at radius 1 is 1.13 bits per heavy atom. The fraction of sp³-hybridized carbons (Fsp3) is 0.273. The van der Waals surface area contributed by atoms with E-state index in [1.165, 1.54) is 6.07 Å². The number of aromatic nitrogens is 1. The number of aromatic carboxylic acids is 1. The maximum absolute atomic E-state index is 15.0. The SMILES string of the molecule is C[C@H]1C[C@H](N)CC1c1cc2c(cc1F)c(=O)c(C(=O)O)cn2-c1ccc(F)cc1F.Cl. The third kappa shape index (κ3) is 3.93. The van der Waals surface area contributed by atoms with E-state index in [1.807, 2.05) is 6.92 Å². The molecule has 0 radical (unpaired) electrons. The van der Waals surface area contributed by atoms with E-state index in [0.29, 0.717) is 18.1 Å². The summed E-state index contributed by atoms with van der Waals surface area (Å²) in [5.41, 5.74) is 4.82. The van der Waals surface area contributed by atoms with Crippen molar-refractivity contribution in [3.63, 3.8) is 0 Å². The van der Waals surface area contributed by atoms with Gasteiger partial charge in [0.1, 0.15) is 23.0 Å². The molecule has 4 rings (SSSR count). The lowest BCUT2D eigenvalue weighted by Gasteiger charge is -2.19. The van der Waals surface area contributed by atoms with E-state index in [4.69, 9.17) is 5.73 Å². The molecule has 0 aliphatic heterocycles. The summed E-state index contributed by atoms with van der Waals surface area (Å²) in [5, 5.41) is 9.20. The van der Waals surface area contributed by atoms with Crippen LogP contribution in [0, 0.1) is 23.4 Å². The average Bonchev–Trinajstić information content (AvgIpc) is 3.00. The van der Waals surface area contributed by atoms with Crippen molar-refractivity contribution < 1.29 is 23.1 Å². The molecule has 3 atom stereocenters. The molecule has 0 bridgehead atoms. The molecule has 1 aliphatic carbocycles. The maximum Gasteiger partial charge on any atom is 0.341 e. The van der Waals surface area contributed by atoms with Crippen LogP contribution in [0.4, 0.5) is 13.2 Å². The van der Waals surface area contributed by atoms with Gasteiger partial charge in [0.15, 0.2) is 0 Å². The minimum Gasteiger partial charge on any atom is -0.477 e. The van der Waals surface area contributed by atoms with Crippen LogP contribution in [0.15, 0.2) is 41.3 Å². The minimum atomic E-state index is -1.53. The summed E-state index contributed by atoms with van der Waals surface area (Å²) in [6.45, 7) is 1.96. The summed E-state index contributed by atoms with van der Waals surface area (Å²) in [7, 11) is 0. The van der Waals surface area contributed by atoms with E-state index in [1.54, 1.807) is 0 Å². The van der Waals surface area contributed by atoms with Crippen molar-refractivity contribution in [1.29, 1.82) is 0 Å². The van der Waals surface area contributed by atoms with E-state index in [0.717, 1.165) is 35.4 Å². The highest BCUT2D eigenvalue weighted by molar-refractivity contribution is 5.93. The lowest BCUT2D eigenvalue weighted by Crippen LogP contribution is -2.20. The summed E-state index contributed by atoms with van der Waals surface area (Å²) in [6.07, 6.45) is 2.26. The van der Waals surface area contributed by atoms with Crippen LogP contribution in [-0.2, 0) is 0 Å². The molecule has 31 heavy (non-hydrogen) atoms. The van der Waals surface area contributed by atoms with Gasteiger partial charge in [-0.25, -0.2) is 18.0 Å². The number of nitrogens with two attached hydrogens (primary N) is 1. The molecule has 1 aliphatic rings. The Morgan fingerprint density at radius 3 is 2.42 bits per heavy atom. The van der Waals surface area contributed by atoms with E-state index < -0.39 is 34.4 Å². The first-order chi connectivity index (χ1) is 14.2. The van der Waals surface area contributed by atoms with Crippen molar-refractivity contribution in [3.05, 3.63) is 75.3 Å². The summed E-state index contributed by atoms with van der Waals surface area (Å²) < 4.78 is 44.1. The monoisotopic (exact) mass is 452 g/mol. The van der Waals surface area contributed by atoms with Gasteiger partial charge in [-0.2, -0.15) is 0 Å². The van der Waals surface area contributed by atoms with Gasteiger partial charge in [0.25, 0.3) is 0 Å². The maximum atomic E-state index is 15.0. The summed E-state index contributed by atoms with van der Waals surface area (Å²) in [5.74, 6) is -4.01. The third-order valence-electron chi connectivity index (χ3n) is 5.84. The molecule has 0 spiro atoms. The first-order valence-electron chi connectivity index (χ1n) is 9.50. The van der Waals surface area contributed by atoms with E-state index >= 15 is 0 Å². The Balaban J connectivity index is 0.00000272. The molecule has 0 saturated heterocycles. The lowest BCUT2D eigenvalue weighted by molar-refractivity contribution is 0.0695. The fourth-order valence-electron chi connectivity index (χ4n) is 4.40. The number of nitrogens with zero attached hydrogens (tertiary/aromatic N) is 1. The zero-order chi connectivity index (χ0) is 21.7. The smallest absolute Gasteiger partial charge is 0.341 e. The molecule has 0 amide bonds. The first-order valence-corrected chi connectivity index (χ1v) is 9.50. The van der Waals surface area contributed by atoms with Gasteiger partial charge in [-0.05, 0) is 54.5 Å². The Labute approximate surface area is 181 Å². The van der Waals surface area contributed by atoms with Crippen molar-refractivity contribution in [2.45, 2.75) is 31.7 Å². The topological polar surface area (TPSA) is 85.3 Å². The van der Waals surface area contributed by atoms with Gasteiger partial charge in [0.05, 0.1) is 11.2 Å². The minimum absolute atomic E-state index is 0. The molecule has 164 valence electrons. The number of carbonyl (C=O) groups is 1. The second-order valence-electron chi connectivity index (χ2n) is 7.85.